The first-order valence-electron chi connectivity index (χ1n) is 8.56. The van der Waals surface area contributed by atoms with E-state index in [-0.39, 0.29) is 0 Å². The maximum Gasteiger partial charge on any atom is 0.268 e. The predicted octanol–water partition coefficient (Wildman–Crippen LogP) is 3.51. The molecule has 0 radical (unpaired) electrons. The molecule has 6 nitrogen and oxygen atoms in total. The van der Waals surface area contributed by atoms with Crippen molar-refractivity contribution in [3.05, 3.63) is 60.9 Å². The predicted molar refractivity (Wildman–Crippen MR) is 105 cm³/mol. The highest BCUT2D eigenvalue weighted by Crippen LogP contribution is 2.31. The molecule has 0 atom stereocenters. The summed E-state index contributed by atoms with van der Waals surface area (Å²) in [4.78, 5) is 8.49. The summed E-state index contributed by atoms with van der Waals surface area (Å²) in [5.41, 5.74) is 8.61. The van der Waals surface area contributed by atoms with Gasteiger partial charge in [-0.3, -0.25) is 4.59 Å². The molecule has 26 heavy (non-hydrogen) atoms. The van der Waals surface area contributed by atoms with Gasteiger partial charge in [-0.15, -0.1) is 0 Å². The molecule has 0 amide bonds. The summed E-state index contributed by atoms with van der Waals surface area (Å²) in [7, 11) is 0.780. The molecule has 2 N–H and O–H groups in total. The minimum absolute atomic E-state index is 0.442. The standard InChI is InChI=1S/C19H18BN5O/c1-2-20-25-19-16(18(21)22-12-23-19)17(24-25)13-8-10-15(11-9-13)26-14-6-4-3-5-7-14/h3-12,20H,2H2,1H3,(H2,21,22,23). The molecular formula is C19H18BN5O. The number of fused-ring (bicyclic) bond motifs is 1. The number of aromatic nitrogens is 4. The summed E-state index contributed by atoms with van der Waals surface area (Å²) in [6.45, 7) is 2.10. The molecule has 0 spiro atoms. The lowest BCUT2D eigenvalue weighted by molar-refractivity contribution is 0.483. The minimum Gasteiger partial charge on any atom is -0.457 e. The second-order valence-corrected chi connectivity index (χ2v) is 5.97. The number of anilines is 1. The van der Waals surface area contributed by atoms with Gasteiger partial charge in [0.15, 0.2) is 5.65 Å². The van der Waals surface area contributed by atoms with Crippen LogP contribution in [0.15, 0.2) is 60.9 Å². The Morgan fingerprint density at radius 2 is 1.73 bits per heavy atom. The van der Waals surface area contributed by atoms with E-state index >= 15 is 0 Å². The fraction of sp³-hybridized carbons (Fsp3) is 0.105. The molecule has 0 fully saturated rings. The van der Waals surface area contributed by atoms with Crippen LogP contribution in [-0.2, 0) is 0 Å². The molecule has 7 heteroatoms. The number of para-hydroxylation sites is 1. The van der Waals surface area contributed by atoms with Gasteiger partial charge >= 0.3 is 0 Å². The van der Waals surface area contributed by atoms with Crippen LogP contribution in [0.5, 0.6) is 11.5 Å². The van der Waals surface area contributed by atoms with Gasteiger partial charge in [0.25, 0.3) is 7.41 Å². The second-order valence-electron chi connectivity index (χ2n) is 5.97. The van der Waals surface area contributed by atoms with Crippen LogP contribution in [0.3, 0.4) is 0 Å². The fourth-order valence-corrected chi connectivity index (χ4v) is 2.91. The molecule has 0 saturated heterocycles. The van der Waals surface area contributed by atoms with Crippen molar-refractivity contribution in [1.29, 1.82) is 0 Å². The van der Waals surface area contributed by atoms with E-state index in [1.807, 2.05) is 59.2 Å². The molecule has 0 bridgehead atoms. The van der Waals surface area contributed by atoms with Gasteiger partial charge in [0.2, 0.25) is 0 Å². The Morgan fingerprint density at radius 1 is 1.00 bits per heavy atom. The number of rotatable bonds is 5. The molecule has 4 rings (SSSR count). The Hall–Kier alpha value is -3.35. The second kappa shape index (κ2) is 6.88. The summed E-state index contributed by atoms with van der Waals surface area (Å²) in [6, 6.07) is 17.5. The average Bonchev–Trinajstić information content (AvgIpc) is 3.04. The van der Waals surface area contributed by atoms with Crippen molar-refractivity contribution < 1.29 is 4.74 Å². The Morgan fingerprint density at radius 3 is 2.46 bits per heavy atom. The van der Waals surface area contributed by atoms with Crippen LogP contribution < -0.4 is 10.5 Å². The number of nitrogen functional groups attached to an aromatic ring is 1. The quantitative estimate of drug-likeness (QED) is 0.561. The summed E-state index contributed by atoms with van der Waals surface area (Å²) in [5, 5.41) is 5.51. The molecule has 0 aliphatic rings. The summed E-state index contributed by atoms with van der Waals surface area (Å²) in [6.07, 6.45) is 2.44. The number of hydrogen-bond donors (Lipinski definition) is 1. The van der Waals surface area contributed by atoms with Gasteiger partial charge < -0.3 is 10.5 Å². The molecule has 0 unspecified atom stereocenters. The topological polar surface area (TPSA) is 78.9 Å². The Labute approximate surface area is 151 Å². The van der Waals surface area contributed by atoms with Crippen LogP contribution >= 0.6 is 0 Å². The molecule has 128 valence electrons. The lowest BCUT2D eigenvalue weighted by atomic mass is 9.91. The lowest BCUT2D eigenvalue weighted by Crippen LogP contribution is -2.07. The third kappa shape index (κ3) is 2.99. The first-order chi connectivity index (χ1) is 12.8. The van der Waals surface area contributed by atoms with Crippen molar-refractivity contribution in [2.75, 3.05) is 5.73 Å². The zero-order valence-electron chi connectivity index (χ0n) is 14.5. The van der Waals surface area contributed by atoms with Crippen LogP contribution in [0.25, 0.3) is 22.3 Å². The van der Waals surface area contributed by atoms with E-state index in [0.29, 0.717) is 5.82 Å². The molecule has 0 aliphatic carbocycles. The van der Waals surface area contributed by atoms with Crippen LogP contribution in [0, 0.1) is 0 Å². The Kier molecular flexibility index (Phi) is 4.27. The van der Waals surface area contributed by atoms with Gasteiger partial charge in [-0.05, 0) is 36.4 Å². The van der Waals surface area contributed by atoms with Crippen LogP contribution in [-0.4, -0.2) is 27.1 Å². The lowest BCUT2D eigenvalue weighted by Gasteiger charge is -2.06. The monoisotopic (exact) mass is 343 g/mol. The fourth-order valence-electron chi connectivity index (χ4n) is 2.91. The zero-order chi connectivity index (χ0) is 17.9. The van der Waals surface area contributed by atoms with E-state index in [1.54, 1.807) is 0 Å². The van der Waals surface area contributed by atoms with Crippen molar-refractivity contribution in [3.63, 3.8) is 0 Å². The van der Waals surface area contributed by atoms with Crippen molar-refractivity contribution in [1.82, 2.24) is 19.7 Å². The summed E-state index contributed by atoms with van der Waals surface area (Å²) in [5.74, 6) is 2.01. The zero-order valence-corrected chi connectivity index (χ0v) is 14.5. The van der Waals surface area contributed by atoms with Gasteiger partial charge in [-0.2, -0.15) is 5.10 Å². The SMILES string of the molecule is CCBn1nc(-c2ccc(Oc3ccccc3)cc2)c2c(N)ncnc21. The van der Waals surface area contributed by atoms with E-state index in [9.17, 15) is 0 Å². The van der Waals surface area contributed by atoms with Gasteiger partial charge in [0.1, 0.15) is 29.3 Å². The molecule has 0 saturated carbocycles. The molecule has 2 aromatic carbocycles. The Balaban J connectivity index is 1.71. The maximum absolute atomic E-state index is 6.11. The largest absolute Gasteiger partial charge is 0.457 e. The van der Waals surface area contributed by atoms with E-state index in [4.69, 9.17) is 15.6 Å². The van der Waals surface area contributed by atoms with Gasteiger partial charge in [0, 0.05) is 5.56 Å². The first-order valence-corrected chi connectivity index (χ1v) is 8.56. The normalized spacial score (nSPS) is 10.8. The van der Waals surface area contributed by atoms with E-state index in [2.05, 4.69) is 16.9 Å². The average molecular weight is 343 g/mol. The smallest absolute Gasteiger partial charge is 0.268 e. The van der Waals surface area contributed by atoms with Gasteiger partial charge in [0.05, 0.1) is 5.39 Å². The van der Waals surface area contributed by atoms with E-state index in [0.717, 1.165) is 47.5 Å². The van der Waals surface area contributed by atoms with Crippen LogP contribution in [0.1, 0.15) is 6.92 Å². The molecule has 0 aliphatic heterocycles. The first kappa shape index (κ1) is 16.1. The minimum atomic E-state index is 0.442. The molecule has 2 aromatic heterocycles. The van der Waals surface area contributed by atoms with Crippen molar-refractivity contribution in [3.8, 4) is 22.8 Å². The highest BCUT2D eigenvalue weighted by atomic mass is 16.5. The number of hydrogen-bond acceptors (Lipinski definition) is 5. The summed E-state index contributed by atoms with van der Waals surface area (Å²) >= 11 is 0. The third-order valence-electron chi connectivity index (χ3n) is 4.10. The number of benzene rings is 2. The molecule has 2 heterocycles. The molecular weight excluding hydrogens is 325 g/mol. The highest BCUT2D eigenvalue weighted by Gasteiger charge is 2.16. The number of nitrogens with two attached hydrogens (primary N) is 1. The van der Waals surface area contributed by atoms with Gasteiger partial charge in [-0.1, -0.05) is 31.4 Å². The van der Waals surface area contributed by atoms with Crippen molar-refractivity contribution >= 4 is 24.3 Å². The third-order valence-corrected chi connectivity index (χ3v) is 4.10. The number of ether oxygens (including phenoxy) is 1. The van der Waals surface area contributed by atoms with Crippen molar-refractivity contribution in [2.24, 2.45) is 0 Å². The molecule has 4 aromatic rings. The van der Waals surface area contributed by atoms with Crippen molar-refractivity contribution in [2.45, 2.75) is 13.2 Å². The highest BCUT2D eigenvalue weighted by molar-refractivity contribution is 6.35. The maximum atomic E-state index is 6.11. The number of nitrogens with zero attached hydrogens (tertiary/aromatic N) is 4. The van der Waals surface area contributed by atoms with Crippen LogP contribution in [0.2, 0.25) is 6.32 Å². The Bertz CT molecular complexity index is 1030. The van der Waals surface area contributed by atoms with E-state index in [1.165, 1.54) is 6.33 Å². The van der Waals surface area contributed by atoms with E-state index < -0.39 is 0 Å². The van der Waals surface area contributed by atoms with Gasteiger partial charge in [-0.25, -0.2) is 9.97 Å². The van der Waals surface area contributed by atoms with Crippen LogP contribution in [0.4, 0.5) is 5.82 Å². The summed E-state index contributed by atoms with van der Waals surface area (Å²) < 4.78 is 7.74.